The van der Waals surface area contributed by atoms with E-state index in [1.54, 1.807) is 11.1 Å². The van der Waals surface area contributed by atoms with E-state index in [1.807, 2.05) is 0 Å². The lowest BCUT2D eigenvalue weighted by molar-refractivity contribution is 0.184. The van der Waals surface area contributed by atoms with Crippen molar-refractivity contribution < 1.29 is 0 Å². The van der Waals surface area contributed by atoms with Crippen LogP contribution in [0.3, 0.4) is 0 Å². The average molecular weight is 375 g/mol. The first-order chi connectivity index (χ1) is 12.8. The molecule has 2 heteroatoms. The van der Waals surface area contributed by atoms with Gasteiger partial charge in [0, 0.05) is 19.6 Å². The second-order valence-corrected chi connectivity index (χ2v) is 10.3. The molecule has 2 bridgehead atoms. The molecule has 0 radical (unpaired) electrons. The second kappa shape index (κ2) is 10.8. The summed E-state index contributed by atoms with van der Waals surface area (Å²) in [5.41, 5.74) is 3.24. The van der Waals surface area contributed by atoms with Gasteiger partial charge in [-0.3, -0.25) is 0 Å². The van der Waals surface area contributed by atoms with Gasteiger partial charge in [0.2, 0.25) is 0 Å². The van der Waals surface area contributed by atoms with Crippen molar-refractivity contribution in [2.45, 2.75) is 66.2 Å². The van der Waals surface area contributed by atoms with Gasteiger partial charge in [-0.2, -0.15) is 0 Å². The van der Waals surface area contributed by atoms with E-state index in [9.17, 15) is 0 Å². The highest BCUT2D eigenvalue weighted by Crippen LogP contribution is 2.33. The fourth-order valence-electron chi connectivity index (χ4n) is 5.69. The van der Waals surface area contributed by atoms with Gasteiger partial charge in [-0.25, -0.2) is 0 Å². The molecule has 1 heterocycles. The topological polar surface area (TPSA) is 6.48 Å². The molecule has 27 heavy (non-hydrogen) atoms. The van der Waals surface area contributed by atoms with Crippen LogP contribution >= 0.6 is 0 Å². The molecule has 5 unspecified atom stereocenters. The van der Waals surface area contributed by atoms with E-state index in [-0.39, 0.29) is 0 Å². The Bertz CT molecular complexity index is 504. The standard InChI is InChI=1S/C13H23N.C12H23N/c1-10-6-12-4-5-13(7-10)11(2)8-14(3)9-12;1-5-11-6-10(2)7-12(8-11)9-13(3)4/h7,11-13H,4-6,8-9H2,1-3H3;6,11-12H,5,7-9H2,1-4H3. The summed E-state index contributed by atoms with van der Waals surface area (Å²) in [4.78, 5) is 4.85. The minimum Gasteiger partial charge on any atom is -0.309 e. The highest BCUT2D eigenvalue weighted by molar-refractivity contribution is 5.08. The van der Waals surface area contributed by atoms with Crippen LogP contribution in [0.15, 0.2) is 23.3 Å². The van der Waals surface area contributed by atoms with Crippen LogP contribution in [0, 0.1) is 29.6 Å². The van der Waals surface area contributed by atoms with Crippen LogP contribution in [-0.2, 0) is 0 Å². The Kier molecular flexibility index (Phi) is 9.08. The number of allylic oxidation sites excluding steroid dienone is 4. The normalized spacial score (nSPS) is 34.7. The molecule has 1 saturated heterocycles. The van der Waals surface area contributed by atoms with Crippen LogP contribution in [-0.4, -0.2) is 50.6 Å². The van der Waals surface area contributed by atoms with Crippen LogP contribution in [0.4, 0.5) is 0 Å². The fraction of sp³-hybridized carbons (Fsp3) is 0.840. The summed E-state index contributed by atoms with van der Waals surface area (Å²) >= 11 is 0. The predicted molar refractivity (Wildman–Crippen MR) is 120 cm³/mol. The summed E-state index contributed by atoms with van der Waals surface area (Å²) in [6.45, 7) is 13.2. The van der Waals surface area contributed by atoms with E-state index in [4.69, 9.17) is 0 Å². The van der Waals surface area contributed by atoms with Gasteiger partial charge in [0.25, 0.3) is 0 Å². The third-order valence-electron chi connectivity index (χ3n) is 6.83. The van der Waals surface area contributed by atoms with Crippen molar-refractivity contribution in [2.75, 3.05) is 40.8 Å². The first kappa shape index (κ1) is 22.7. The molecule has 1 aliphatic heterocycles. The summed E-state index contributed by atoms with van der Waals surface area (Å²) in [7, 11) is 6.63. The lowest BCUT2D eigenvalue weighted by Gasteiger charge is -2.31. The van der Waals surface area contributed by atoms with Crippen molar-refractivity contribution in [1.29, 1.82) is 0 Å². The Morgan fingerprint density at radius 3 is 2.41 bits per heavy atom. The molecule has 156 valence electrons. The maximum atomic E-state index is 2.56. The highest BCUT2D eigenvalue weighted by atomic mass is 15.1. The summed E-state index contributed by atoms with van der Waals surface area (Å²) < 4.78 is 0. The molecule has 3 rings (SSSR count). The molecule has 0 aromatic heterocycles. The number of hydrogen-bond donors (Lipinski definition) is 0. The molecular weight excluding hydrogens is 328 g/mol. The van der Waals surface area contributed by atoms with Gasteiger partial charge in [-0.15, -0.1) is 0 Å². The monoisotopic (exact) mass is 374 g/mol. The zero-order valence-electron chi connectivity index (χ0n) is 19.3. The van der Waals surface area contributed by atoms with Crippen LogP contribution in [0.1, 0.15) is 66.2 Å². The summed E-state index contributed by atoms with van der Waals surface area (Å²) in [5, 5.41) is 0. The van der Waals surface area contributed by atoms with Gasteiger partial charge >= 0.3 is 0 Å². The van der Waals surface area contributed by atoms with E-state index in [2.05, 4.69) is 70.8 Å². The van der Waals surface area contributed by atoms with Crippen LogP contribution in [0.2, 0.25) is 0 Å². The predicted octanol–water partition coefficient (Wildman–Crippen LogP) is 5.86. The molecule has 0 N–H and O–H groups in total. The van der Waals surface area contributed by atoms with E-state index in [0.717, 1.165) is 29.6 Å². The average Bonchev–Trinajstić information content (AvgIpc) is 2.72. The molecular formula is C25H46N2. The minimum absolute atomic E-state index is 0.842. The zero-order valence-corrected chi connectivity index (χ0v) is 19.3. The second-order valence-electron chi connectivity index (χ2n) is 10.3. The molecule has 1 fully saturated rings. The zero-order chi connectivity index (χ0) is 20.0. The van der Waals surface area contributed by atoms with E-state index < -0.39 is 0 Å². The summed E-state index contributed by atoms with van der Waals surface area (Å²) in [5.74, 6) is 4.36. The highest BCUT2D eigenvalue weighted by Gasteiger charge is 2.26. The van der Waals surface area contributed by atoms with Crippen LogP contribution in [0.5, 0.6) is 0 Å². The Morgan fingerprint density at radius 2 is 1.74 bits per heavy atom. The minimum atomic E-state index is 0.842. The van der Waals surface area contributed by atoms with Gasteiger partial charge in [-0.1, -0.05) is 37.1 Å². The third kappa shape index (κ3) is 7.74. The number of nitrogens with zero attached hydrogens (tertiary/aromatic N) is 2. The Hall–Kier alpha value is -0.600. The lowest BCUT2D eigenvalue weighted by atomic mass is 9.81. The van der Waals surface area contributed by atoms with Crippen molar-refractivity contribution in [1.82, 2.24) is 9.80 Å². The largest absolute Gasteiger partial charge is 0.309 e. The van der Waals surface area contributed by atoms with Crippen LogP contribution in [0.25, 0.3) is 0 Å². The molecule has 0 aromatic rings. The smallest absolute Gasteiger partial charge is 0.000979 e. The van der Waals surface area contributed by atoms with Crippen molar-refractivity contribution in [3.8, 4) is 0 Å². The van der Waals surface area contributed by atoms with E-state index in [1.165, 1.54) is 58.2 Å². The van der Waals surface area contributed by atoms with Gasteiger partial charge in [0.05, 0.1) is 0 Å². The number of fused-ring (bicyclic) bond motifs is 3. The van der Waals surface area contributed by atoms with Crippen molar-refractivity contribution in [3.63, 3.8) is 0 Å². The van der Waals surface area contributed by atoms with Crippen LogP contribution < -0.4 is 0 Å². The van der Waals surface area contributed by atoms with Crippen molar-refractivity contribution in [3.05, 3.63) is 23.3 Å². The molecule has 0 amide bonds. The molecule has 2 nitrogen and oxygen atoms in total. The van der Waals surface area contributed by atoms with Crippen molar-refractivity contribution >= 4 is 0 Å². The van der Waals surface area contributed by atoms with E-state index >= 15 is 0 Å². The number of rotatable bonds is 3. The summed E-state index contributed by atoms with van der Waals surface area (Å²) in [6, 6.07) is 0. The molecule has 0 saturated carbocycles. The maximum absolute atomic E-state index is 2.56. The van der Waals surface area contributed by atoms with Gasteiger partial charge in [0.15, 0.2) is 0 Å². The molecule has 5 atom stereocenters. The SMILES string of the molecule is CC1=CC2CCC(C1)CN(C)CC2C.CCC1C=C(C)CC(CN(C)C)C1. The molecule has 3 aliphatic rings. The van der Waals surface area contributed by atoms with Gasteiger partial charge < -0.3 is 9.80 Å². The Labute approximate surface area is 170 Å². The fourth-order valence-corrected chi connectivity index (χ4v) is 5.69. The molecule has 2 aliphatic carbocycles. The Balaban J connectivity index is 0.000000194. The molecule has 0 spiro atoms. The van der Waals surface area contributed by atoms with Crippen molar-refractivity contribution in [2.24, 2.45) is 29.6 Å². The maximum Gasteiger partial charge on any atom is 0.000979 e. The quantitative estimate of drug-likeness (QED) is 0.571. The third-order valence-corrected chi connectivity index (χ3v) is 6.83. The van der Waals surface area contributed by atoms with E-state index in [0.29, 0.717) is 0 Å². The first-order valence-electron chi connectivity index (χ1n) is 11.4. The lowest BCUT2D eigenvalue weighted by Crippen LogP contribution is -2.34. The Morgan fingerprint density at radius 1 is 1.04 bits per heavy atom. The molecule has 0 aromatic carbocycles. The van der Waals surface area contributed by atoms with Gasteiger partial charge in [0.1, 0.15) is 0 Å². The summed E-state index contributed by atoms with van der Waals surface area (Å²) in [6.07, 6.45) is 13.3. The number of hydrogen-bond acceptors (Lipinski definition) is 2. The first-order valence-corrected chi connectivity index (χ1v) is 11.4. The number of likely N-dealkylation sites (tertiary alicyclic amines) is 1. The van der Waals surface area contributed by atoms with Gasteiger partial charge in [-0.05, 0) is 103 Å².